The van der Waals surface area contributed by atoms with Crippen molar-refractivity contribution in [1.82, 2.24) is 0 Å². The third kappa shape index (κ3) is 2.06. The molecule has 0 N–H and O–H groups in total. The zero-order chi connectivity index (χ0) is 10.7. The molecule has 0 amide bonds. The van der Waals surface area contributed by atoms with E-state index in [0.717, 1.165) is 6.07 Å². The van der Waals surface area contributed by atoms with Crippen LogP contribution in [0.4, 0.5) is 10.1 Å². The van der Waals surface area contributed by atoms with Crippen molar-refractivity contribution >= 4 is 21.6 Å². The Hall–Kier alpha value is -1.48. The molecule has 72 valence electrons. The van der Waals surface area contributed by atoms with E-state index in [1.54, 1.807) is 6.07 Å². The first kappa shape index (κ1) is 10.6. The van der Waals surface area contributed by atoms with Crippen LogP contribution in [-0.2, 0) is 6.42 Å². The lowest BCUT2D eigenvalue weighted by molar-refractivity contribution is -0.385. The van der Waals surface area contributed by atoms with Crippen molar-refractivity contribution in [2.24, 2.45) is 0 Å². The van der Waals surface area contributed by atoms with Gasteiger partial charge in [-0.2, -0.15) is 5.26 Å². The van der Waals surface area contributed by atoms with Gasteiger partial charge < -0.3 is 0 Å². The van der Waals surface area contributed by atoms with Gasteiger partial charge in [0.15, 0.2) is 0 Å². The Kier molecular flexibility index (Phi) is 3.14. The quantitative estimate of drug-likeness (QED) is 0.605. The normalized spacial score (nSPS) is 9.50. The molecular weight excluding hydrogens is 255 g/mol. The van der Waals surface area contributed by atoms with Gasteiger partial charge in [-0.05, 0) is 21.5 Å². The molecule has 0 saturated carbocycles. The summed E-state index contributed by atoms with van der Waals surface area (Å²) in [5.41, 5.74) is -0.0739. The molecule has 0 aromatic heterocycles. The summed E-state index contributed by atoms with van der Waals surface area (Å²) in [6.45, 7) is 0. The summed E-state index contributed by atoms with van der Waals surface area (Å²) in [7, 11) is 0. The Balaban J connectivity index is 3.29. The van der Waals surface area contributed by atoms with E-state index in [-0.39, 0.29) is 22.1 Å². The number of nitrogens with zero attached hydrogens (tertiary/aromatic N) is 2. The van der Waals surface area contributed by atoms with Crippen molar-refractivity contribution in [3.63, 3.8) is 0 Å². The minimum atomic E-state index is -0.732. The van der Waals surface area contributed by atoms with Gasteiger partial charge in [-0.15, -0.1) is 0 Å². The van der Waals surface area contributed by atoms with E-state index in [4.69, 9.17) is 5.26 Å². The average molecular weight is 259 g/mol. The molecule has 14 heavy (non-hydrogen) atoms. The van der Waals surface area contributed by atoms with E-state index in [2.05, 4.69) is 15.9 Å². The van der Waals surface area contributed by atoms with Crippen molar-refractivity contribution < 1.29 is 9.31 Å². The molecule has 0 radical (unpaired) electrons. The molecule has 0 aliphatic rings. The van der Waals surface area contributed by atoms with E-state index in [9.17, 15) is 14.5 Å². The molecule has 1 aromatic carbocycles. The van der Waals surface area contributed by atoms with Crippen LogP contribution in [0.3, 0.4) is 0 Å². The number of halogens is 2. The fourth-order valence-corrected chi connectivity index (χ4v) is 1.32. The third-order valence-electron chi connectivity index (χ3n) is 1.57. The van der Waals surface area contributed by atoms with Crippen LogP contribution in [0, 0.1) is 27.3 Å². The highest BCUT2D eigenvalue weighted by atomic mass is 79.9. The summed E-state index contributed by atoms with van der Waals surface area (Å²) in [6.07, 6.45) is -0.0703. The third-order valence-corrected chi connectivity index (χ3v) is 2.46. The van der Waals surface area contributed by atoms with Crippen molar-refractivity contribution in [2.45, 2.75) is 6.42 Å². The molecule has 6 heteroatoms. The zero-order valence-electron chi connectivity index (χ0n) is 6.83. The van der Waals surface area contributed by atoms with Gasteiger partial charge in [-0.1, -0.05) is 0 Å². The molecule has 0 fully saturated rings. The smallest absolute Gasteiger partial charge is 0.258 e. The van der Waals surface area contributed by atoms with Gasteiger partial charge >= 0.3 is 0 Å². The number of nitro groups is 1. The van der Waals surface area contributed by atoms with Crippen molar-refractivity contribution in [1.29, 1.82) is 5.26 Å². The number of nitriles is 1. The van der Waals surface area contributed by atoms with E-state index < -0.39 is 10.7 Å². The summed E-state index contributed by atoms with van der Waals surface area (Å²) in [4.78, 5) is 9.66. The van der Waals surface area contributed by atoms with Crippen LogP contribution in [0.15, 0.2) is 16.6 Å². The first-order valence-electron chi connectivity index (χ1n) is 3.55. The van der Waals surface area contributed by atoms with E-state index in [1.807, 2.05) is 0 Å². The second-order valence-electron chi connectivity index (χ2n) is 2.49. The number of hydrogen-bond acceptors (Lipinski definition) is 3. The zero-order valence-corrected chi connectivity index (χ0v) is 8.41. The van der Waals surface area contributed by atoms with Crippen molar-refractivity contribution in [3.8, 4) is 6.07 Å². The van der Waals surface area contributed by atoms with Crippen LogP contribution >= 0.6 is 15.9 Å². The maximum absolute atomic E-state index is 13.1. The van der Waals surface area contributed by atoms with E-state index in [0.29, 0.717) is 0 Å². The highest BCUT2D eigenvalue weighted by molar-refractivity contribution is 9.10. The van der Waals surface area contributed by atoms with Gasteiger partial charge in [0.1, 0.15) is 5.82 Å². The molecule has 0 saturated heterocycles. The molecule has 0 unspecified atom stereocenters. The van der Waals surface area contributed by atoms with Crippen LogP contribution in [0.1, 0.15) is 5.56 Å². The lowest BCUT2D eigenvalue weighted by Gasteiger charge is -2.00. The summed E-state index contributed by atoms with van der Waals surface area (Å²) in [5.74, 6) is -0.732. The summed E-state index contributed by atoms with van der Waals surface area (Å²) in [5, 5.41) is 18.8. The minimum Gasteiger partial charge on any atom is -0.258 e. The highest BCUT2D eigenvalue weighted by Gasteiger charge is 2.14. The maximum Gasteiger partial charge on any atom is 0.272 e. The van der Waals surface area contributed by atoms with Gasteiger partial charge in [0.25, 0.3) is 5.69 Å². The topological polar surface area (TPSA) is 66.9 Å². The molecule has 0 heterocycles. The van der Waals surface area contributed by atoms with Gasteiger partial charge in [0, 0.05) is 6.07 Å². The lowest BCUT2D eigenvalue weighted by Crippen LogP contribution is -1.94. The first-order valence-corrected chi connectivity index (χ1v) is 4.35. The Labute approximate surface area is 87.2 Å². The average Bonchev–Trinajstić information content (AvgIpc) is 2.12. The molecule has 4 nitrogen and oxygen atoms in total. The SMILES string of the molecule is N#CCc1cc([N+](=O)[O-])cc(F)c1Br. The molecule has 0 atom stereocenters. The summed E-state index contributed by atoms with van der Waals surface area (Å²) in [6, 6.07) is 3.79. The van der Waals surface area contributed by atoms with Gasteiger partial charge in [0.2, 0.25) is 0 Å². The van der Waals surface area contributed by atoms with Gasteiger partial charge in [-0.25, -0.2) is 4.39 Å². The van der Waals surface area contributed by atoms with Gasteiger partial charge in [0.05, 0.1) is 28.0 Å². The second-order valence-corrected chi connectivity index (χ2v) is 3.29. The van der Waals surface area contributed by atoms with Gasteiger partial charge in [-0.3, -0.25) is 10.1 Å². The van der Waals surface area contributed by atoms with Crippen LogP contribution in [0.25, 0.3) is 0 Å². The predicted octanol–water partition coefficient (Wildman–Crippen LogP) is 2.56. The largest absolute Gasteiger partial charge is 0.272 e. The minimum absolute atomic E-state index is 0.0703. The van der Waals surface area contributed by atoms with Crippen molar-refractivity contribution in [2.75, 3.05) is 0 Å². The molecule has 1 rings (SSSR count). The standard InChI is InChI=1S/C8H4BrFN2O2/c9-8-5(1-2-11)3-6(12(13)14)4-7(8)10/h3-4H,1H2. The summed E-state index contributed by atoms with van der Waals surface area (Å²) >= 11 is 2.92. The Morgan fingerprint density at radius 2 is 2.29 bits per heavy atom. The van der Waals surface area contributed by atoms with E-state index >= 15 is 0 Å². The van der Waals surface area contributed by atoms with Crippen LogP contribution < -0.4 is 0 Å². The number of benzene rings is 1. The molecule has 0 aliphatic carbocycles. The summed E-state index contributed by atoms with van der Waals surface area (Å²) < 4.78 is 13.2. The molecule has 0 spiro atoms. The number of rotatable bonds is 2. The maximum atomic E-state index is 13.1. The van der Waals surface area contributed by atoms with Crippen molar-refractivity contribution in [3.05, 3.63) is 38.1 Å². The predicted molar refractivity (Wildman–Crippen MR) is 50.1 cm³/mol. The van der Waals surface area contributed by atoms with E-state index in [1.165, 1.54) is 6.07 Å². The number of nitro benzene ring substituents is 1. The number of non-ortho nitro benzene ring substituents is 1. The monoisotopic (exact) mass is 258 g/mol. The lowest BCUT2D eigenvalue weighted by atomic mass is 10.1. The fraction of sp³-hybridized carbons (Fsp3) is 0.125. The first-order chi connectivity index (χ1) is 6.56. The molecular formula is C8H4BrFN2O2. The van der Waals surface area contributed by atoms with Crippen LogP contribution in [-0.4, -0.2) is 4.92 Å². The van der Waals surface area contributed by atoms with Crippen LogP contribution in [0.5, 0.6) is 0 Å². The highest BCUT2D eigenvalue weighted by Crippen LogP contribution is 2.26. The number of hydrogen-bond donors (Lipinski definition) is 0. The Bertz CT molecular complexity index is 428. The van der Waals surface area contributed by atoms with Crippen LogP contribution in [0.2, 0.25) is 0 Å². The second kappa shape index (κ2) is 4.15. The Morgan fingerprint density at radius 1 is 1.64 bits per heavy atom. The molecule has 1 aromatic rings. The Morgan fingerprint density at radius 3 is 2.79 bits per heavy atom. The molecule has 0 aliphatic heterocycles. The molecule has 0 bridgehead atoms. The fourth-order valence-electron chi connectivity index (χ4n) is 0.949.